The first-order chi connectivity index (χ1) is 28.4. The summed E-state index contributed by atoms with van der Waals surface area (Å²) in [6, 6.07) is 37.3. The summed E-state index contributed by atoms with van der Waals surface area (Å²) in [7, 11) is 6.55. The summed E-state index contributed by atoms with van der Waals surface area (Å²) < 4.78 is 22.2. The van der Waals surface area contributed by atoms with E-state index in [1.807, 2.05) is 121 Å². The van der Waals surface area contributed by atoms with Gasteiger partial charge in [0.1, 0.15) is 39.9 Å². The average Bonchev–Trinajstić information content (AvgIpc) is 4.10. The Morgan fingerprint density at radius 3 is 1.41 bits per heavy atom. The zero-order chi connectivity index (χ0) is 39.5. The van der Waals surface area contributed by atoms with Gasteiger partial charge in [-0.1, -0.05) is 36.4 Å². The molecular weight excluding hydrogens is 727 g/mol. The van der Waals surface area contributed by atoms with Gasteiger partial charge in [-0.05, 0) is 102 Å². The number of aromatic amines is 2. The lowest BCUT2D eigenvalue weighted by Gasteiger charge is -2.07. The van der Waals surface area contributed by atoms with Gasteiger partial charge in [0.2, 0.25) is 5.78 Å². The number of hydrogen-bond acceptors (Lipinski definition) is 8. The number of aromatic nitrogens is 5. The maximum atomic E-state index is 14.9. The smallest absolute Gasteiger partial charge is 0.232 e. The number of ether oxygens (including phenoxy) is 4. The van der Waals surface area contributed by atoms with Gasteiger partial charge in [0.25, 0.3) is 0 Å². The van der Waals surface area contributed by atoms with E-state index in [2.05, 4.69) is 16.0 Å². The van der Waals surface area contributed by atoms with Crippen LogP contribution in [0.25, 0.3) is 89.4 Å². The highest BCUT2D eigenvalue weighted by Gasteiger charge is 2.29. The predicted octanol–water partition coefficient (Wildman–Crippen LogP) is 10.5. The lowest BCUT2D eigenvalue weighted by molar-refractivity contribution is 0.103. The molecule has 0 saturated carbocycles. The van der Waals surface area contributed by atoms with Crippen molar-refractivity contribution >= 4 is 61.8 Å². The summed E-state index contributed by atoms with van der Waals surface area (Å²) in [5.41, 5.74) is 11.3. The highest BCUT2D eigenvalue weighted by molar-refractivity contribution is 6.26. The molecule has 2 aliphatic heterocycles. The largest absolute Gasteiger partial charge is 0.497 e. The number of fused-ring (bicyclic) bond motifs is 10. The van der Waals surface area contributed by atoms with E-state index in [0.29, 0.717) is 33.6 Å². The van der Waals surface area contributed by atoms with Crippen LogP contribution >= 0.6 is 0 Å². The maximum Gasteiger partial charge on any atom is 0.232 e. The number of nitrogens with zero attached hydrogens (tertiary/aromatic N) is 3. The molecule has 0 radical (unpaired) electrons. The van der Waals surface area contributed by atoms with E-state index in [1.165, 1.54) is 0 Å². The Labute approximate surface area is 332 Å². The van der Waals surface area contributed by atoms with Crippen LogP contribution in [0.1, 0.15) is 27.6 Å². The SMILES string of the molecule is COc1ccc(-c2c3nc(c(-c4ccc(OC)cc4)c4ccc([nH]4)c4c5nc(c(-c6ccc(OC)cc6)c6ccc2[nH]6)C(=O)c5nc2cc(OC)ccc24)C=C3)cc1. The van der Waals surface area contributed by atoms with Gasteiger partial charge in [-0.2, -0.15) is 0 Å². The number of hydrogen-bond donors (Lipinski definition) is 2. The van der Waals surface area contributed by atoms with Gasteiger partial charge in [-0.3, -0.25) is 4.79 Å². The molecule has 6 heterocycles. The molecule has 0 amide bonds. The molecule has 8 aromatic rings. The summed E-state index contributed by atoms with van der Waals surface area (Å²) >= 11 is 0. The Morgan fingerprint density at radius 1 is 0.448 bits per heavy atom. The third-order valence-corrected chi connectivity index (χ3v) is 10.8. The Kier molecular flexibility index (Phi) is 8.26. The number of pyridine rings is 1. The van der Waals surface area contributed by atoms with Crippen molar-refractivity contribution in [3.63, 3.8) is 0 Å². The van der Waals surface area contributed by atoms with Crippen LogP contribution in [0, 0.1) is 0 Å². The second-order valence-electron chi connectivity index (χ2n) is 14.0. The quantitative estimate of drug-likeness (QED) is 0.164. The molecule has 2 N–H and O–H groups in total. The van der Waals surface area contributed by atoms with Crippen LogP contribution in [-0.2, 0) is 0 Å². The van der Waals surface area contributed by atoms with Crippen molar-refractivity contribution in [1.29, 1.82) is 0 Å². The summed E-state index contributed by atoms with van der Waals surface area (Å²) in [5.74, 6) is 2.52. The molecule has 0 spiro atoms. The number of carbonyl (C=O) groups excluding carboxylic acids is 1. The van der Waals surface area contributed by atoms with Crippen LogP contribution in [0.15, 0.2) is 115 Å². The topological polar surface area (TPSA) is 124 Å². The number of benzene rings is 4. The highest BCUT2D eigenvalue weighted by Crippen LogP contribution is 2.40. The van der Waals surface area contributed by atoms with Crippen molar-refractivity contribution in [2.45, 2.75) is 0 Å². The molecule has 4 aromatic heterocycles. The molecule has 8 bridgehead atoms. The molecule has 0 fully saturated rings. The second kappa shape index (κ2) is 13.8. The van der Waals surface area contributed by atoms with Gasteiger partial charge in [0, 0.05) is 55.6 Å². The summed E-state index contributed by atoms with van der Waals surface area (Å²) in [5, 5.41) is 1.57. The summed E-state index contributed by atoms with van der Waals surface area (Å²) in [6.07, 6.45) is 4.10. The van der Waals surface area contributed by atoms with Gasteiger partial charge < -0.3 is 28.9 Å². The Hall–Kier alpha value is -7.72. The molecule has 10 nitrogen and oxygen atoms in total. The van der Waals surface area contributed by atoms with Gasteiger partial charge in [-0.25, -0.2) is 15.0 Å². The van der Waals surface area contributed by atoms with E-state index in [1.54, 1.807) is 28.4 Å². The minimum atomic E-state index is -0.286. The van der Waals surface area contributed by atoms with Crippen molar-refractivity contribution in [3.8, 4) is 56.4 Å². The highest BCUT2D eigenvalue weighted by atomic mass is 16.5. The van der Waals surface area contributed by atoms with Gasteiger partial charge in [-0.15, -0.1) is 0 Å². The van der Waals surface area contributed by atoms with Crippen molar-refractivity contribution in [2.75, 3.05) is 28.4 Å². The van der Waals surface area contributed by atoms with Gasteiger partial charge in [0.15, 0.2) is 0 Å². The Morgan fingerprint density at radius 2 is 0.897 bits per heavy atom. The fraction of sp³-hybridized carbons (Fsp3) is 0.0833. The monoisotopic (exact) mass is 761 g/mol. The van der Waals surface area contributed by atoms with Crippen LogP contribution in [-0.4, -0.2) is 59.1 Å². The fourth-order valence-electron chi connectivity index (χ4n) is 7.94. The van der Waals surface area contributed by atoms with Crippen LogP contribution in [0.3, 0.4) is 0 Å². The molecule has 10 rings (SSSR count). The first-order valence-corrected chi connectivity index (χ1v) is 18.7. The van der Waals surface area contributed by atoms with E-state index in [-0.39, 0.29) is 17.2 Å². The maximum absolute atomic E-state index is 14.9. The third-order valence-electron chi connectivity index (χ3n) is 10.8. The van der Waals surface area contributed by atoms with E-state index in [0.717, 1.165) is 78.0 Å². The molecule has 10 heteroatoms. The lowest BCUT2D eigenvalue weighted by Crippen LogP contribution is -2.02. The molecule has 0 aliphatic carbocycles. The first kappa shape index (κ1) is 34.7. The third kappa shape index (κ3) is 5.64. The standard InChI is InChI=1S/C48H35N5O5/c1-55-29-11-5-26(6-12-29)41-34-19-20-35(49-34)42(27-7-13-30(56-2)14-8-27)37-22-24-39(51-37)44-33-18-17-32(58-4)25-40(33)52-47-45(44)53-46(48(47)54)43(38-23-21-36(41)50-38)28-9-15-31(57-3)16-10-28/h5-25,50-51H,1-4H3. The molecule has 0 atom stereocenters. The number of nitrogens with one attached hydrogen (secondary N) is 2. The number of carbonyl (C=O) groups is 1. The van der Waals surface area contributed by atoms with Crippen molar-refractivity contribution in [1.82, 2.24) is 24.9 Å². The van der Waals surface area contributed by atoms with Crippen molar-refractivity contribution < 1.29 is 23.7 Å². The lowest BCUT2D eigenvalue weighted by atomic mass is 10.0. The van der Waals surface area contributed by atoms with E-state index in [4.69, 9.17) is 33.9 Å². The van der Waals surface area contributed by atoms with Crippen LogP contribution in [0.5, 0.6) is 23.0 Å². The van der Waals surface area contributed by atoms with E-state index >= 15 is 0 Å². The second-order valence-corrected chi connectivity index (χ2v) is 14.0. The van der Waals surface area contributed by atoms with Gasteiger partial charge >= 0.3 is 0 Å². The molecule has 0 saturated heterocycles. The number of ketones is 1. The van der Waals surface area contributed by atoms with Crippen molar-refractivity contribution in [3.05, 3.63) is 138 Å². The number of methoxy groups -OCH3 is 4. The van der Waals surface area contributed by atoms with E-state index < -0.39 is 0 Å². The van der Waals surface area contributed by atoms with E-state index in [9.17, 15) is 4.79 Å². The number of rotatable bonds is 7. The fourth-order valence-corrected chi connectivity index (χ4v) is 7.94. The Bertz CT molecular complexity index is 3160. The molecule has 4 aromatic carbocycles. The summed E-state index contributed by atoms with van der Waals surface area (Å²) in [6.45, 7) is 0. The van der Waals surface area contributed by atoms with Gasteiger partial charge in [0.05, 0.1) is 45.3 Å². The number of H-pyrrole nitrogens is 2. The minimum Gasteiger partial charge on any atom is -0.497 e. The normalized spacial score (nSPS) is 12.1. The molecule has 0 unspecified atom stereocenters. The Balaban J connectivity index is 1.41. The van der Waals surface area contributed by atoms with Crippen LogP contribution in [0.4, 0.5) is 0 Å². The first-order valence-electron chi connectivity index (χ1n) is 18.7. The molecular formula is C48H35N5O5. The minimum absolute atomic E-state index is 0.260. The zero-order valence-electron chi connectivity index (χ0n) is 32.0. The van der Waals surface area contributed by atoms with Crippen LogP contribution in [0.2, 0.25) is 0 Å². The molecule has 58 heavy (non-hydrogen) atoms. The zero-order valence-corrected chi connectivity index (χ0v) is 32.0. The van der Waals surface area contributed by atoms with Crippen molar-refractivity contribution in [2.24, 2.45) is 0 Å². The predicted molar refractivity (Wildman–Crippen MR) is 229 cm³/mol. The molecule has 282 valence electrons. The van der Waals surface area contributed by atoms with Crippen LogP contribution < -0.4 is 18.9 Å². The average molecular weight is 762 g/mol. The molecule has 2 aliphatic rings. The summed E-state index contributed by atoms with van der Waals surface area (Å²) in [4.78, 5) is 37.8.